The molecule has 1 saturated heterocycles. The first kappa shape index (κ1) is 20.4. The molecule has 1 unspecified atom stereocenters. The number of alkyl halides is 1. The van der Waals surface area contributed by atoms with Crippen molar-refractivity contribution < 1.29 is 42.9 Å². The summed E-state index contributed by atoms with van der Waals surface area (Å²) in [5.41, 5.74) is 0. The summed E-state index contributed by atoms with van der Waals surface area (Å²) >= 11 is 3.18. The Kier molecular flexibility index (Phi) is 7.61. The van der Waals surface area contributed by atoms with Crippen molar-refractivity contribution in [1.29, 1.82) is 0 Å². The highest BCUT2D eigenvalue weighted by molar-refractivity contribution is 9.09. The van der Waals surface area contributed by atoms with E-state index in [-0.39, 0.29) is 6.61 Å². The number of rotatable bonds is 5. The van der Waals surface area contributed by atoms with Crippen LogP contribution in [-0.4, -0.2) is 59.9 Å². The summed E-state index contributed by atoms with van der Waals surface area (Å²) in [7, 11) is 0. The second kappa shape index (κ2) is 8.97. The van der Waals surface area contributed by atoms with Gasteiger partial charge in [-0.1, -0.05) is 15.9 Å². The van der Waals surface area contributed by atoms with Crippen LogP contribution in [0.25, 0.3) is 0 Å². The lowest BCUT2D eigenvalue weighted by molar-refractivity contribution is -0.236. The maximum absolute atomic E-state index is 11.4. The molecule has 0 aromatic heterocycles. The first-order chi connectivity index (χ1) is 11.1. The van der Waals surface area contributed by atoms with Crippen molar-refractivity contribution >= 4 is 39.8 Å². The average Bonchev–Trinajstić information content (AvgIpc) is 2.42. The predicted octanol–water partition coefficient (Wildman–Crippen LogP) is 0.464. The maximum Gasteiger partial charge on any atom is 0.303 e. The molecule has 1 heterocycles. The molecule has 0 bridgehead atoms. The summed E-state index contributed by atoms with van der Waals surface area (Å²) in [4.78, 5) is 45.1. The maximum atomic E-state index is 11.4. The van der Waals surface area contributed by atoms with Crippen LogP contribution in [-0.2, 0) is 42.9 Å². The van der Waals surface area contributed by atoms with Crippen molar-refractivity contribution in [2.24, 2.45) is 0 Å². The number of halogens is 1. The Labute approximate surface area is 147 Å². The van der Waals surface area contributed by atoms with Crippen LogP contribution in [0.3, 0.4) is 0 Å². The standard InChI is InChI=1S/C14H19BrO9/c1-6(16)20-5-10-11(21-7(2)17)12(22-8(3)18)13(14(15)24-10)23-9(4)19/h10-14H,5H2,1-4H3/t10?,11-,12-,13+,14+/m0/s1. The summed E-state index contributed by atoms with van der Waals surface area (Å²) in [5, 5.41) is -0.863. The summed E-state index contributed by atoms with van der Waals surface area (Å²) in [6.07, 6.45) is -4.22. The molecule has 9 nitrogen and oxygen atoms in total. The molecule has 0 N–H and O–H groups in total. The molecule has 24 heavy (non-hydrogen) atoms. The van der Waals surface area contributed by atoms with Gasteiger partial charge in [-0.25, -0.2) is 0 Å². The smallest absolute Gasteiger partial charge is 0.303 e. The summed E-state index contributed by atoms with van der Waals surface area (Å²) in [6.45, 7) is 4.47. The van der Waals surface area contributed by atoms with Gasteiger partial charge in [0.25, 0.3) is 0 Å². The Morgan fingerprint density at radius 1 is 0.792 bits per heavy atom. The summed E-state index contributed by atoms with van der Waals surface area (Å²) in [5.74, 6) is -2.52. The molecule has 0 aromatic carbocycles. The zero-order valence-corrected chi connectivity index (χ0v) is 15.2. The Hall–Kier alpha value is -1.68. The molecule has 1 rings (SSSR count). The molecule has 5 atom stereocenters. The Bertz CT molecular complexity index is 506. The number of ether oxygens (including phenoxy) is 5. The third-order valence-corrected chi connectivity index (χ3v) is 3.67. The van der Waals surface area contributed by atoms with Gasteiger partial charge in [0, 0.05) is 27.7 Å². The summed E-state index contributed by atoms with van der Waals surface area (Å²) in [6, 6.07) is 0. The van der Waals surface area contributed by atoms with Crippen LogP contribution in [0.1, 0.15) is 27.7 Å². The second-order valence-corrected chi connectivity index (χ2v) is 5.95. The van der Waals surface area contributed by atoms with Crippen LogP contribution >= 0.6 is 15.9 Å². The third kappa shape index (κ3) is 6.08. The molecule has 0 saturated carbocycles. The first-order valence-corrected chi connectivity index (χ1v) is 7.98. The van der Waals surface area contributed by atoms with Crippen molar-refractivity contribution in [2.75, 3.05) is 6.61 Å². The zero-order valence-electron chi connectivity index (χ0n) is 13.6. The highest BCUT2D eigenvalue weighted by Crippen LogP contribution is 2.31. The van der Waals surface area contributed by atoms with Crippen LogP contribution in [0.2, 0.25) is 0 Å². The van der Waals surface area contributed by atoms with Gasteiger partial charge in [-0.2, -0.15) is 0 Å². The topological polar surface area (TPSA) is 114 Å². The van der Waals surface area contributed by atoms with Gasteiger partial charge in [-0.3, -0.25) is 19.2 Å². The Balaban J connectivity index is 3.11. The molecule has 10 heteroatoms. The Morgan fingerprint density at radius 2 is 1.25 bits per heavy atom. The van der Waals surface area contributed by atoms with E-state index in [0.29, 0.717) is 0 Å². The lowest BCUT2D eigenvalue weighted by atomic mass is 9.99. The zero-order chi connectivity index (χ0) is 18.4. The number of carbonyl (C=O) groups excluding carboxylic acids is 4. The van der Waals surface area contributed by atoms with Crippen molar-refractivity contribution in [3.63, 3.8) is 0 Å². The van der Waals surface area contributed by atoms with E-state index in [1.165, 1.54) is 13.8 Å². The fourth-order valence-corrected chi connectivity index (χ4v) is 2.86. The summed E-state index contributed by atoms with van der Waals surface area (Å²) < 4.78 is 25.9. The van der Waals surface area contributed by atoms with Gasteiger partial charge in [0.15, 0.2) is 23.3 Å². The van der Waals surface area contributed by atoms with E-state index >= 15 is 0 Å². The van der Waals surface area contributed by atoms with E-state index in [1.54, 1.807) is 0 Å². The Morgan fingerprint density at radius 3 is 1.71 bits per heavy atom. The number of hydrogen-bond donors (Lipinski definition) is 0. The molecule has 0 radical (unpaired) electrons. The molecule has 0 amide bonds. The van der Waals surface area contributed by atoms with Gasteiger partial charge in [0.1, 0.15) is 12.7 Å². The highest BCUT2D eigenvalue weighted by Gasteiger charge is 2.51. The molecule has 1 aliphatic heterocycles. The molecule has 136 valence electrons. The lowest BCUT2D eigenvalue weighted by Crippen LogP contribution is -2.60. The van der Waals surface area contributed by atoms with Gasteiger partial charge >= 0.3 is 23.9 Å². The van der Waals surface area contributed by atoms with Crippen LogP contribution < -0.4 is 0 Å². The van der Waals surface area contributed by atoms with E-state index in [2.05, 4.69) is 15.9 Å². The van der Waals surface area contributed by atoms with Gasteiger partial charge in [-0.05, 0) is 0 Å². The van der Waals surface area contributed by atoms with Crippen molar-refractivity contribution in [2.45, 2.75) is 57.1 Å². The lowest BCUT2D eigenvalue weighted by Gasteiger charge is -2.42. The molecule has 0 spiro atoms. The van der Waals surface area contributed by atoms with Gasteiger partial charge in [0.2, 0.25) is 0 Å². The monoisotopic (exact) mass is 410 g/mol. The van der Waals surface area contributed by atoms with Gasteiger partial charge < -0.3 is 23.7 Å². The molecule has 1 fully saturated rings. The van der Waals surface area contributed by atoms with Crippen molar-refractivity contribution in [3.05, 3.63) is 0 Å². The molecule has 1 aliphatic rings. The van der Waals surface area contributed by atoms with Gasteiger partial charge in [-0.15, -0.1) is 0 Å². The SMILES string of the molecule is CC(=O)OCC1O[C@@H](Br)[C@H](OC(C)=O)[C@@H](OC(C)=O)[C@H]1OC(C)=O. The van der Waals surface area contributed by atoms with E-state index < -0.39 is 53.3 Å². The predicted molar refractivity (Wildman–Crippen MR) is 80.9 cm³/mol. The van der Waals surface area contributed by atoms with Crippen molar-refractivity contribution in [1.82, 2.24) is 0 Å². The van der Waals surface area contributed by atoms with E-state index in [1.807, 2.05) is 0 Å². The van der Waals surface area contributed by atoms with Crippen LogP contribution in [0, 0.1) is 0 Å². The fraction of sp³-hybridized carbons (Fsp3) is 0.714. The number of carbonyl (C=O) groups is 4. The normalized spacial score (nSPS) is 29.3. The first-order valence-electron chi connectivity index (χ1n) is 7.06. The molecular weight excluding hydrogens is 392 g/mol. The van der Waals surface area contributed by atoms with E-state index in [9.17, 15) is 19.2 Å². The van der Waals surface area contributed by atoms with E-state index in [0.717, 1.165) is 13.8 Å². The van der Waals surface area contributed by atoms with Crippen LogP contribution in [0.5, 0.6) is 0 Å². The minimum atomic E-state index is -1.13. The highest BCUT2D eigenvalue weighted by atomic mass is 79.9. The fourth-order valence-electron chi connectivity index (χ4n) is 2.18. The van der Waals surface area contributed by atoms with Crippen molar-refractivity contribution in [3.8, 4) is 0 Å². The van der Waals surface area contributed by atoms with Crippen LogP contribution in [0.15, 0.2) is 0 Å². The van der Waals surface area contributed by atoms with Crippen LogP contribution in [0.4, 0.5) is 0 Å². The van der Waals surface area contributed by atoms with E-state index in [4.69, 9.17) is 23.7 Å². The third-order valence-electron chi connectivity index (χ3n) is 2.93. The van der Waals surface area contributed by atoms with Gasteiger partial charge in [0.05, 0.1) is 0 Å². The number of hydrogen-bond acceptors (Lipinski definition) is 9. The molecular formula is C14H19BrO9. The quantitative estimate of drug-likeness (QED) is 0.362. The molecule has 0 aromatic rings. The largest absolute Gasteiger partial charge is 0.463 e. The minimum Gasteiger partial charge on any atom is -0.463 e. The average molecular weight is 411 g/mol. The molecule has 0 aliphatic carbocycles. The second-order valence-electron chi connectivity index (χ2n) is 5.05. The minimum absolute atomic E-state index is 0.236. The number of esters is 4.